The molecule has 1 fully saturated rings. The first kappa shape index (κ1) is 22.8. The van der Waals surface area contributed by atoms with E-state index in [4.69, 9.17) is 9.84 Å². The van der Waals surface area contributed by atoms with E-state index in [2.05, 4.69) is 36.1 Å². The van der Waals surface area contributed by atoms with Gasteiger partial charge in [-0.3, -0.25) is 14.9 Å². The number of rotatable bonds is 6. The molecule has 0 spiro atoms. The molecule has 0 saturated carbocycles. The molecule has 5 rings (SSSR count). The van der Waals surface area contributed by atoms with Gasteiger partial charge in [-0.1, -0.05) is 6.07 Å². The summed E-state index contributed by atoms with van der Waals surface area (Å²) in [6.45, 7) is 5.84. The Bertz CT molecular complexity index is 1140. The second-order valence-electron chi connectivity index (χ2n) is 8.57. The molecule has 2 N–H and O–H groups in total. The molecule has 3 aromatic rings. The summed E-state index contributed by atoms with van der Waals surface area (Å²) in [4.78, 5) is 8.61. The van der Waals surface area contributed by atoms with Crippen LogP contribution in [0.2, 0.25) is 0 Å². The van der Waals surface area contributed by atoms with Crippen molar-refractivity contribution in [3.05, 3.63) is 41.3 Å². The van der Waals surface area contributed by atoms with Gasteiger partial charge in [-0.25, -0.2) is 9.67 Å². The number of aromatic nitrogens is 5. The van der Waals surface area contributed by atoms with E-state index in [1.54, 1.807) is 4.68 Å². The second-order valence-corrected chi connectivity index (χ2v) is 8.57. The average Bonchev–Trinajstić information content (AvgIpc) is 3.38. The molecule has 0 atom stereocenters. The molecule has 1 saturated heterocycles. The van der Waals surface area contributed by atoms with Gasteiger partial charge < -0.3 is 9.84 Å². The lowest BCUT2D eigenvalue weighted by atomic mass is 10.1. The van der Waals surface area contributed by atoms with E-state index < -0.39 is 12.6 Å². The highest BCUT2D eigenvalue weighted by Gasteiger charge is 2.30. The fourth-order valence-corrected chi connectivity index (χ4v) is 4.38. The Morgan fingerprint density at radius 3 is 2.65 bits per heavy atom. The number of benzene rings is 1. The van der Waals surface area contributed by atoms with Crippen molar-refractivity contribution in [2.45, 2.75) is 25.6 Å². The van der Waals surface area contributed by atoms with E-state index in [1.807, 2.05) is 18.2 Å². The van der Waals surface area contributed by atoms with Crippen LogP contribution in [0.1, 0.15) is 17.1 Å². The molecule has 2 aliphatic heterocycles. The molecule has 2 aromatic heterocycles. The van der Waals surface area contributed by atoms with Gasteiger partial charge in [0.25, 0.3) is 0 Å². The number of halogens is 3. The third-order valence-electron chi connectivity index (χ3n) is 6.07. The Labute approximate surface area is 194 Å². The van der Waals surface area contributed by atoms with Crippen molar-refractivity contribution in [3.8, 4) is 23.0 Å². The minimum atomic E-state index is -4.37. The number of ether oxygens (including phenoxy) is 1. The lowest BCUT2D eigenvalue weighted by Crippen LogP contribution is -2.46. The van der Waals surface area contributed by atoms with E-state index in [1.165, 1.54) is 0 Å². The Hall–Kier alpha value is -2.96. The van der Waals surface area contributed by atoms with Gasteiger partial charge in [0.15, 0.2) is 11.6 Å². The monoisotopic (exact) mass is 477 g/mol. The van der Waals surface area contributed by atoms with Gasteiger partial charge in [-0.15, -0.1) is 0 Å². The number of piperazine rings is 1. The summed E-state index contributed by atoms with van der Waals surface area (Å²) in [6, 6.07) is 7.85. The molecule has 12 heteroatoms. The van der Waals surface area contributed by atoms with Crippen molar-refractivity contribution in [1.82, 2.24) is 34.8 Å². The Balaban J connectivity index is 1.36. The van der Waals surface area contributed by atoms with Crippen LogP contribution in [0.5, 0.6) is 5.75 Å². The number of aromatic amines is 1. The van der Waals surface area contributed by atoms with E-state index in [9.17, 15) is 13.2 Å². The standard InChI is InChI=1S/C22H26F3N7O2/c23-22(24,25)13-20-26-21(28-27-20)17-12-16-3-10-34-19-2-1-15(11-18(19)32(16)29-17)14-31-6-4-30(5-7-31)8-9-33/h1-2,11-12,33H,3-10,13-14H2,(H,26,27,28). The minimum Gasteiger partial charge on any atom is -0.491 e. The topological polar surface area (TPSA) is 95.3 Å². The van der Waals surface area contributed by atoms with E-state index in [0.29, 0.717) is 31.0 Å². The van der Waals surface area contributed by atoms with Crippen molar-refractivity contribution < 1.29 is 23.0 Å². The number of alkyl halides is 3. The van der Waals surface area contributed by atoms with Gasteiger partial charge in [0.1, 0.15) is 23.6 Å². The van der Waals surface area contributed by atoms with Gasteiger partial charge in [-0.05, 0) is 23.8 Å². The SMILES string of the molecule is OCCN1CCN(Cc2ccc3c(c2)-n2nc(-c4nc(CC(F)(F)F)n[nH]4)cc2CCO3)CC1. The molecule has 34 heavy (non-hydrogen) atoms. The van der Waals surface area contributed by atoms with E-state index in [0.717, 1.165) is 49.7 Å². The number of H-pyrrole nitrogens is 1. The molecular weight excluding hydrogens is 451 g/mol. The number of aliphatic hydroxyl groups is 1. The molecule has 182 valence electrons. The molecular formula is C22H26F3N7O2. The van der Waals surface area contributed by atoms with Gasteiger partial charge in [-0.2, -0.15) is 23.4 Å². The number of hydrogen-bond acceptors (Lipinski definition) is 7. The van der Waals surface area contributed by atoms with Crippen LogP contribution in [0, 0.1) is 0 Å². The summed E-state index contributed by atoms with van der Waals surface area (Å²) in [6.07, 6.45) is -4.96. The second kappa shape index (κ2) is 9.35. The van der Waals surface area contributed by atoms with Crippen LogP contribution in [-0.2, 0) is 19.4 Å². The largest absolute Gasteiger partial charge is 0.491 e. The van der Waals surface area contributed by atoms with Crippen LogP contribution in [0.4, 0.5) is 13.2 Å². The highest BCUT2D eigenvalue weighted by Crippen LogP contribution is 2.31. The molecule has 0 unspecified atom stereocenters. The molecule has 0 amide bonds. The number of nitrogens with zero attached hydrogens (tertiary/aromatic N) is 6. The summed E-state index contributed by atoms with van der Waals surface area (Å²) in [5.41, 5.74) is 3.24. The predicted octanol–water partition coefficient (Wildman–Crippen LogP) is 1.81. The average molecular weight is 477 g/mol. The third-order valence-corrected chi connectivity index (χ3v) is 6.07. The van der Waals surface area contributed by atoms with Crippen molar-refractivity contribution in [2.24, 2.45) is 0 Å². The lowest BCUT2D eigenvalue weighted by molar-refractivity contribution is -0.128. The Kier molecular flexibility index (Phi) is 6.28. The number of aliphatic hydroxyl groups excluding tert-OH is 1. The van der Waals surface area contributed by atoms with E-state index in [-0.39, 0.29) is 18.3 Å². The zero-order valence-electron chi connectivity index (χ0n) is 18.6. The Morgan fingerprint density at radius 2 is 1.88 bits per heavy atom. The molecule has 9 nitrogen and oxygen atoms in total. The van der Waals surface area contributed by atoms with Crippen LogP contribution in [-0.4, -0.2) is 92.0 Å². The summed E-state index contributed by atoms with van der Waals surface area (Å²) in [5.74, 6) is 0.607. The predicted molar refractivity (Wildman–Crippen MR) is 117 cm³/mol. The summed E-state index contributed by atoms with van der Waals surface area (Å²) in [7, 11) is 0. The fourth-order valence-electron chi connectivity index (χ4n) is 4.38. The zero-order chi connectivity index (χ0) is 23.7. The molecule has 1 aromatic carbocycles. The van der Waals surface area contributed by atoms with Crippen LogP contribution in [0.15, 0.2) is 24.3 Å². The maximum atomic E-state index is 12.7. The smallest absolute Gasteiger partial charge is 0.396 e. The number of nitrogens with one attached hydrogen (secondary N) is 1. The molecule has 0 radical (unpaired) electrons. The number of fused-ring (bicyclic) bond motifs is 3. The Morgan fingerprint density at radius 1 is 1.09 bits per heavy atom. The third kappa shape index (κ3) is 5.08. The lowest BCUT2D eigenvalue weighted by Gasteiger charge is -2.34. The molecule has 2 aliphatic rings. The first-order valence-electron chi connectivity index (χ1n) is 11.3. The minimum absolute atomic E-state index is 0.177. The molecule has 0 bridgehead atoms. The quantitative estimate of drug-likeness (QED) is 0.559. The summed E-state index contributed by atoms with van der Waals surface area (Å²) >= 11 is 0. The van der Waals surface area contributed by atoms with Crippen molar-refractivity contribution >= 4 is 0 Å². The van der Waals surface area contributed by atoms with Gasteiger partial charge in [0.05, 0.1) is 13.2 Å². The number of hydrogen-bond donors (Lipinski definition) is 2. The van der Waals surface area contributed by atoms with Crippen LogP contribution in [0.3, 0.4) is 0 Å². The van der Waals surface area contributed by atoms with Crippen molar-refractivity contribution in [1.29, 1.82) is 0 Å². The summed E-state index contributed by atoms with van der Waals surface area (Å²) < 4.78 is 45.7. The first-order valence-corrected chi connectivity index (χ1v) is 11.3. The van der Waals surface area contributed by atoms with E-state index >= 15 is 0 Å². The zero-order valence-corrected chi connectivity index (χ0v) is 18.6. The molecule has 4 heterocycles. The highest BCUT2D eigenvalue weighted by atomic mass is 19.4. The first-order chi connectivity index (χ1) is 16.4. The highest BCUT2D eigenvalue weighted by molar-refractivity contribution is 5.55. The van der Waals surface area contributed by atoms with Crippen LogP contribution in [0.25, 0.3) is 17.2 Å². The molecule has 0 aliphatic carbocycles. The van der Waals surface area contributed by atoms with Crippen molar-refractivity contribution in [3.63, 3.8) is 0 Å². The normalized spacial score (nSPS) is 17.2. The maximum Gasteiger partial charge on any atom is 0.396 e. The maximum absolute atomic E-state index is 12.7. The number of β-amino-alcohol motifs (C(OH)–C–C–N with tert-alkyl or cyclic N) is 1. The fraction of sp³-hybridized carbons (Fsp3) is 0.500. The van der Waals surface area contributed by atoms with Gasteiger partial charge >= 0.3 is 6.18 Å². The van der Waals surface area contributed by atoms with Gasteiger partial charge in [0.2, 0.25) is 0 Å². The summed E-state index contributed by atoms with van der Waals surface area (Å²) in [5, 5.41) is 20.0. The van der Waals surface area contributed by atoms with Crippen LogP contribution < -0.4 is 4.74 Å². The van der Waals surface area contributed by atoms with Gasteiger partial charge in [0, 0.05) is 51.4 Å². The van der Waals surface area contributed by atoms with Crippen LogP contribution >= 0.6 is 0 Å². The van der Waals surface area contributed by atoms with Crippen molar-refractivity contribution in [2.75, 3.05) is 45.9 Å².